The first kappa shape index (κ1) is 13.5. The van der Waals surface area contributed by atoms with Gasteiger partial charge >= 0.3 is 0 Å². The van der Waals surface area contributed by atoms with Crippen molar-refractivity contribution in [3.63, 3.8) is 0 Å². The first-order valence-corrected chi connectivity index (χ1v) is 6.61. The molecule has 1 heterocycles. The van der Waals surface area contributed by atoms with E-state index < -0.39 is 0 Å². The normalized spacial score (nSPS) is 21.1. The molecule has 1 aliphatic heterocycles. The maximum atomic E-state index is 12.7. The van der Waals surface area contributed by atoms with E-state index in [0.717, 1.165) is 44.7 Å². The lowest BCUT2D eigenvalue weighted by Gasteiger charge is -2.30. The number of benzene rings is 1. The fourth-order valence-corrected chi connectivity index (χ4v) is 2.30. The Labute approximate surface area is 108 Å². The number of nitrogens with one attached hydrogen (secondary N) is 2. The van der Waals surface area contributed by atoms with E-state index in [1.807, 2.05) is 12.1 Å². The molecule has 0 spiro atoms. The molecule has 1 saturated heterocycles. The van der Waals surface area contributed by atoms with Crippen LogP contribution < -0.4 is 10.6 Å². The van der Waals surface area contributed by atoms with E-state index in [-0.39, 0.29) is 5.82 Å². The van der Waals surface area contributed by atoms with Gasteiger partial charge in [-0.25, -0.2) is 4.39 Å². The standard InChI is InChI=1S/C14H22FN3/c1-18-9-8-17-14(11-18)6-7-16-10-12-2-4-13(15)5-3-12/h2-5,14,16-17H,6-11H2,1H3. The minimum atomic E-state index is -0.173. The Kier molecular flexibility index (Phi) is 5.11. The van der Waals surface area contributed by atoms with E-state index in [1.165, 1.54) is 12.1 Å². The molecule has 2 N–H and O–H groups in total. The van der Waals surface area contributed by atoms with Gasteiger partial charge in [0.1, 0.15) is 5.82 Å². The van der Waals surface area contributed by atoms with E-state index in [9.17, 15) is 4.39 Å². The third-order valence-corrected chi connectivity index (χ3v) is 3.37. The molecule has 0 radical (unpaired) electrons. The third kappa shape index (κ3) is 4.37. The number of rotatable bonds is 5. The Balaban J connectivity index is 1.62. The van der Waals surface area contributed by atoms with Crippen LogP contribution in [0.5, 0.6) is 0 Å². The molecule has 0 saturated carbocycles. The van der Waals surface area contributed by atoms with Crippen LogP contribution in [0.25, 0.3) is 0 Å². The Morgan fingerprint density at radius 1 is 1.39 bits per heavy atom. The highest BCUT2D eigenvalue weighted by Gasteiger charge is 2.15. The van der Waals surface area contributed by atoms with Gasteiger partial charge < -0.3 is 15.5 Å². The van der Waals surface area contributed by atoms with E-state index in [2.05, 4.69) is 22.6 Å². The molecule has 0 aromatic heterocycles. The second-order valence-corrected chi connectivity index (χ2v) is 5.01. The van der Waals surface area contributed by atoms with Crippen molar-refractivity contribution in [2.45, 2.75) is 19.0 Å². The van der Waals surface area contributed by atoms with Crippen molar-refractivity contribution in [2.75, 3.05) is 33.2 Å². The van der Waals surface area contributed by atoms with Crippen LogP contribution in [0.1, 0.15) is 12.0 Å². The molecule has 1 atom stereocenters. The smallest absolute Gasteiger partial charge is 0.123 e. The Hall–Kier alpha value is -0.970. The fraction of sp³-hybridized carbons (Fsp3) is 0.571. The SMILES string of the molecule is CN1CCNC(CCNCc2ccc(F)cc2)C1. The molecule has 1 aromatic carbocycles. The monoisotopic (exact) mass is 251 g/mol. The molecular weight excluding hydrogens is 229 g/mol. The lowest BCUT2D eigenvalue weighted by atomic mass is 10.1. The minimum absolute atomic E-state index is 0.173. The zero-order chi connectivity index (χ0) is 12.8. The van der Waals surface area contributed by atoms with E-state index in [0.29, 0.717) is 6.04 Å². The molecule has 0 bridgehead atoms. The minimum Gasteiger partial charge on any atom is -0.313 e. The molecule has 1 fully saturated rings. The number of hydrogen-bond acceptors (Lipinski definition) is 3. The molecule has 1 aromatic rings. The average Bonchev–Trinajstić information content (AvgIpc) is 2.37. The van der Waals surface area contributed by atoms with Gasteiger partial charge in [-0.1, -0.05) is 12.1 Å². The third-order valence-electron chi connectivity index (χ3n) is 3.37. The van der Waals surface area contributed by atoms with Gasteiger partial charge in [0.25, 0.3) is 0 Å². The number of piperazine rings is 1. The summed E-state index contributed by atoms with van der Waals surface area (Å²) in [4.78, 5) is 2.36. The quantitative estimate of drug-likeness (QED) is 0.770. The highest BCUT2D eigenvalue weighted by molar-refractivity contribution is 5.15. The molecule has 0 aliphatic carbocycles. The predicted octanol–water partition coefficient (Wildman–Crippen LogP) is 1.21. The first-order chi connectivity index (χ1) is 8.74. The van der Waals surface area contributed by atoms with Gasteiger partial charge in [0.05, 0.1) is 0 Å². The fourth-order valence-electron chi connectivity index (χ4n) is 2.30. The molecule has 3 nitrogen and oxygen atoms in total. The summed E-state index contributed by atoms with van der Waals surface area (Å²) in [6, 6.07) is 7.26. The summed E-state index contributed by atoms with van der Waals surface area (Å²) in [5, 5.41) is 6.93. The van der Waals surface area contributed by atoms with Gasteiger partial charge in [-0.2, -0.15) is 0 Å². The lowest BCUT2D eigenvalue weighted by molar-refractivity contribution is 0.231. The van der Waals surface area contributed by atoms with Gasteiger partial charge in [-0.3, -0.25) is 0 Å². The summed E-state index contributed by atoms with van der Waals surface area (Å²) in [5.74, 6) is -0.173. The summed E-state index contributed by atoms with van der Waals surface area (Å²) in [7, 11) is 2.17. The Morgan fingerprint density at radius 3 is 2.89 bits per heavy atom. The summed E-state index contributed by atoms with van der Waals surface area (Å²) in [6.45, 7) is 5.14. The molecule has 1 unspecified atom stereocenters. The predicted molar refractivity (Wildman–Crippen MR) is 72.0 cm³/mol. The highest BCUT2D eigenvalue weighted by Crippen LogP contribution is 2.03. The zero-order valence-electron chi connectivity index (χ0n) is 11.0. The van der Waals surface area contributed by atoms with Crippen molar-refractivity contribution in [1.29, 1.82) is 0 Å². The molecule has 1 aliphatic rings. The molecule has 100 valence electrons. The molecular formula is C14H22FN3. The number of halogens is 1. The van der Waals surface area contributed by atoms with Crippen LogP contribution in [0.2, 0.25) is 0 Å². The van der Waals surface area contributed by atoms with E-state index in [1.54, 1.807) is 0 Å². The van der Waals surface area contributed by atoms with Gasteiger partial charge in [-0.15, -0.1) is 0 Å². The molecule has 4 heteroatoms. The van der Waals surface area contributed by atoms with Crippen molar-refractivity contribution in [3.8, 4) is 0 Å². The van der Waals surface area contributed by atoms with Crippen LogP contribution in [0.4, 0.5) is 4.39 Å². The van der Waals surface area contributed by atoms with Gasteiger partial charge in [0.2, 0.25) is 0 Å². The van der Waals surface area contributed by atoms with Gasteiger partial charge in [0.15, 0.2) is 0 Å². The second kappa shape index (κ2) is 6.83. The van der Waals surface area contributed by atoms with Crippen molar-refractivity contribution >= 4 is 0 Å². The average molecular weight is 251 g/mol. The van der Waals surface area contributed by atoms with Crippen LogP contribution in [0.3, 0.4) is 0 Å². The van der Waals surface area contributed by atoms with Crippen LogP contribution in [-0.4, -0.2) is 44.2 Å². The van der Waals surface area contributed by atoms with Crippen LogP contribution in [0, 0.1) is 5.82 Å². The molecule has 0 amide bonds. The summed E-state index contributed by atoms with van der Waals surface area (Å²) < 4.78 is 12.7. The maximum Gasteiger partial charge on any atom is 0.123 e. The number of hydrogen-bond donors (Lipinski definition) is 2. The highest BCUT2D eigenvalue weighted by atomic mass is 19.1. The van der Waals surface area contributed by atoms with Crippen molar-refractivity contribution in [2.24, 2.45) is 0 Å². The van der Waals surface area contributed by atoms with Crippen molar-refractivity contribution < 1.29 is 4.39 Å². The largest absolute Gasteiger partial charge is 0.313 e. The number of nitrogens with zero attached hydrogens (tertiary/aromatic N) is 1. The summed E-state index contributed by atoms with van der Waals surface area (Å²) >= 11 is 0. The maximum absolute atomic E-state index is 12.7. The Bertz CT molecular complexity index is 353. The molecule has 18 heavy (non-hydrogen) atoms. The van der Waals surface area contributed by atoms with Crippen LogP contribution in [-0.2, 0) is 6.54 Å². The van der Waals surface area contributed by atoms with E-state index in [4.69, 9.17) is 0 Å². The van der Waals surface area contributed by atoms with Crippen LogP contribution >= 0.6 is 0 Å². The number of likely N-dealkylation sites (N-methyl/N-ethyl adjacent to an activating group) is 1. The zero-order valence-corrected chi connectivity index (χ0v) is 11.0. The topological polar surface area (TPSA) is 27.3 Å². The Morgan fingerprint density at radius 2 is 2.17 bits per heavy atom. The van der Waals surface area contributed by atoms with Crippen molar-refractivity contribution in [1.82, 2.24) is 15.5 Å². The van der Waals surface area contributed by atoms with E-state index >= 15 is 0 Å². The van der Waals surface area contributed by atoms with Crippen LogP contribution in [0.15, 0.2) is 24.3 Å². The lowest BCUT2D eigenvalue weighted by Crippen LogP contribution is -2.49. The molecule has 2 rings (SSSR count). The van der Waals surface area contributed by atoms with Gasteiger partial charge in [0, 0.05) is 32.2 Å². The summed E-state index contributed by atoms with van der Waals surface area (Å²) in [6.07, 6.45) is 1.13. The van der Waals surface area contributed by atoms with Crippen molar-refractivity contribution in [3.05, 3.63) is 35.6 Å². The van der Waals surface area contributed by atoms with Gasteiger partial charge in [-0.05, 0) is 37.7 Å². The summed E-state index contributed by atoms with van der Waals surface area (Å²) in [5.41, 5.74) is 1.13. The second-order valence-electron chi connectivity index (χ2n) is 5.01. The first-order valence-electron chi connectivity index (χ1n) is 6.61.